The first-order chi connectivity index (χ1) is 11.8. The molecule has 1 fully saturated rings. The molecule has 0 atom stereocenters. The number of fused-ring (bicyclic) bond motifs is 1. The lowest BCUT2D eigenvalue weighted by molar-refractivity contribution is -0.126. The molecule has 1 aromatic heterocycles. The van der Waals surface area contributed by atoms with E-state index in [9.17, 15) is 4.79 Å². The number of aromatic nitrogens is 2. The van der Waals surface area contributed by atoms with E-state index in [1.165, 1.54) is 0 Å². The third-order valence-electron chi connectivity index (χ3n) is 5.57. The smallest absolute Gasteiger partial charge is 0.232 e. The molecule has 1 amide bonds. The summed E-state index contributed by atoms with van der Waals surface area (Å²) in [4.78, 5) is 15.5. The lowest BCUT2D eigenvalue weighted by Crippen LogP contribution is -2.51. The molecule has 1 aromatic carbocycles. The summed E-state index contributed by atoms with van der Waals surface area (Å²) in [7, 11) is 1.93. The molecule has 3 rings (SSSR count). The Balaban J connectivity index is 1.83. The van der Waals surface area contributed by atoms with Gasteiger partial charge in [0.05, 0.1) is 22.2 Å². The molecule has 0 unspecified atom stereocenters. The molecule has 1 aliphatic rings. The molecule has 0 radical (unpaired) electrons. The average Bonchev–Trinajstić information content (AvgIpc) is 3.27. The molecule has 0 saturated heterocycles. The minimum Gasteiger partial charge on any atom is -0.349 e. The minimum atomic E-state index is -0.667. The first kappa shape index (κ1) is 17.9. The van der Waals surface area contributed by atoms with Crippen LogP contribution in [0.15, 0.2) is 24.3 Å². The summed E-state index contributed by atoms with van der Waals surface area (Å²) >= 11 is 0. The first-order valence-electron chi connectivity index (χ1n) is 9.30. The zero-order valence-corrected chi connectivity index (χ0v) is 16.1. The zero-order chi connectivity index (χ0) is 18.2. The van der Waals surface area contributed by atoms with Crippen LogP contribution in [0.4, 0.5) is 0 Å². The Morgan fingerprint density at radius 1 is 1.28 bits per heavy atom. The van der Waals surface area contributed by atoms with Crippen LogP contribution in [0.1, 0.15) is 46.2 Å². The second-order valence-electron chi connectivity index (χ2n) is 7.81. The van der Waals surface area contributed by atoms with Crippen molar-refractivity contribution in [3.05, 3.63) is 30.0 Å². The molecule has 0 aliphatic heterocycles. The van der Waals surface area contributed by atoms with E-state index in [0.717, 1.165) is 49.1 Å². The number of aryl methyl sites for hydroxylation is 1. The SMILES string of the molecule is CCN(CC)CC1(NC(=O)C(C)(C)c2nn(C)c3ccccc23)CC1. The Labute approximate surface area is 150 Å². The largest absolute Gasteiger partial charge is 0.349 e. The summed E-state index contributed by atoms with van der Waals surface area (Å²) < 4.78 is 1.86. The van der Waals surface area contributed by atoms with E-state index in [-0.39, 0.29) is 11.4 Å². The van der Waals surface area contributed by atoms with Crippen LogP contribution in [0.25, 0.3) is 10.9 Å². The van der Waals surface area contributed by atoms with Gasteiger partial charge >= 0.3 is 0 Å². The quantitative estimate of drug-likeness (QED) is 0.842. The van der Waals surface area contributed by atoms with Crippen molar-refractivity contribution in [2.24, 2.45) is 7.05 Å². The summed E-state index contributed by atoms with van der Waals surface area (Å²) in [5, 5.41) is 9.08. The van der Waals surface area contributed by atoms with Crippen LogP contribution in [0, 0.1) is 0 Å². The van der Waals surface area contributed by atoms with Crippen LogP contribution in [0.3, 0.4) is 0 Å². The van der Waals surface area contributed by atoms with E-state index in [0.29, 0.717) is 0 Å². The van der Waals surface area contributed by atoms with Gasteiger partial charge in [-0.25, -0.2) is 0 Å². The number of carbonyl (C=O) groups excluding carboxylic acids is 1. The van der Waals surface area contributed by atoms with E-state index in [1.807, 2.05) is 43.8 Å². The number of likely N-dealkylation sites (N-methyl/N-ethyl adjacent to an activating group) is 1. The van der Waals surface area contributed by atoms with Gasteiger partial charge in [0.1, 0.15) is 0 Å². The third kappa shape index (κ3) is 3.30. The highest BCUT2D eigenvalue weighted by Crippen LogP contribution is 2.38. The highest BCUT2D eigenvalue weighted by molar-refractivity contribution is 5.94. The normalized spacial score (nSPS) is 16.4. The highest BCUT2D eigenvalue weighted by Gasteiger charge is 2.48. The minimum absolute atomic E-state index is 0.0506. The molecule has 1 saturated carbocycles. The number of carbonyl (C=O) groups is 1. The van der Waals surface area contributed by atoms with Crippen LogP contribution >= 0.6 is 0 Å². The van der Waals surface area contributed by atoms with Crippen molar-refractivity contribution in [3.63, 3.8) is 0 Å². The molecule has 5 heteroatoms. The fourth-order valence-electron chi connectivity index (χ4n) is 3.53. The van der Waals surface area contributed by atoms with Gasteiger partial charge in [-0.3, -0.25) is 9.48 Å². The van der Waals surface area contributed by atoms with Gasteiger partial charge in [-0.1, -0.05) is 32.0 Å². The van der Waals surface area contributed by atoms with E-state index in [2.05, 4.69) is 35.2 Å². The van der Waals surface area contributed by atoms with E-state index in [4.69, 9.17) is 0 Å². The summed E-state index contributed by atoms with van der Waals surface area (Å²) in [6.45, 7) is 11.3. The van der Waals surface area contributed by atoms with Gasteiger partial charge in [-0.2, -0.15) is 5.10 Å². The van der Waals surface area contributed by atoms with E-state index < -0.39 is 5.41 Å². The van der Waals surface area contributed by atoms with Crippen molar-refractivity contribution in [2.45, 2.75) is 51.5 Å². The van der Waals surface area contributed by atoms with Gasteiger partial charge in [0.15, 0.2) is 0 Å². The standard InChI is InChI=1S/C20H30N4O/c1-6-24(7-2)14-20(12-13-20)21-18(25)19(3,4)17-15-10-8-9-11-16(15)23(5)22-17/h8-11H,6-7,12-14H2,1-5H3,(H,21,25). The van der Waals surface area contributed by atoms with Crippen LogP contribution in [0.2, 0.25) is 0 Å². The predicted octanol–water partition coefficient (Wildman–Crippen LogP) is 2.84. The molecular formula is C20H30N4O. The van der Waals surface area contributed by atoms with E-state index in [1.54, 1.807) is 0 Å². The Kier molecular flexibility index (Phi) is 4.62. The maximum absolute atomic E-state index is 13.2. The van der Waals surface area contributed by atoms with Gasteiger partial charge in [-0.05, 0) is 45.8 Å². The van der Waals surface area contributed by atoms with Crippen LogP contribution in [0.5, 0.6) is 0 Å². The van der Waals surface area contributed by atoms with E-state index >= 15 is 0 Å². The second kappa shape index (κ2) is 6.45. The number of para-hydroxylation sites is 1. The number of hydrogen-bond acceptors (Lipinski definition) is 3. The Morgan fingerprint density at radius 3 is 2.52 bits per heavy atom. The lowest BCUT2D eigenvalue weighted by Gasteiger charge is -2.30. The number of nitrogens with one attached hydrogen (secondary N) is 1. The molecule has 1 N–H and O–H groups in total. The van der Waals surface area contributed by atoms with Crippen molar-refractivity contribution >= 4 is 16.8 Å². The summed E-state index contributed by atoms with van der Waals surface area (Å²) in [6, 6.07) is 8.10. The molecule has 0 spiro atoms. The first-order valence-corrected chi connectivity index (χ1v) is 9.30. The lowest BCUT2D eigenvalue weighted by atomic mass is 9.86. The van der Waals surface area contributed by atoms with Crippen LogP contribution < -0.4 is 5.32 Å². The van der Waals surface area contributed by atoms with Crippen molar-refractivity contribution < 1.29 is 4.79 Å². The summed E-state index contributed by atoms with van der Waals surface area (Å²) in [5.74, 6) is 0.0704. The Morgan fingerprint density at radius 2 is 1.92 bits per heavy atom. The van der Waals surface area contributed by atoms with Gasteiger partial charge in [0.25, 0.3) is 0 Å². The molecule has 0 bridgehead atoms. The van der Waals surface area contributed by atoms with Gasteiger partial charge in [0, 0.05) is 19.0 Å². The second-order valence-corrected chi connectivity index (χ2v) is 7.81. The molecule has 2 aromatic rings. The molecule has 136 valence electrons. The number of benzene rings is 1. The monoisotopic (exact) mass is 342 g/mol. The number of amides is 1. The van der Waals surface area contributed by atoms with Crippen molar-refractivity contribution in [2.75, 3.05) is 19.6 Å². The van der Waals surface area contributed by atoms with Gasteiger partial charge in [0.2, 0.25) is 5.91 Å². The van der Waals surface area contributed by atoms with Crippen molar-refractivity contribution in [1.29, 1.82) is 0 Å². The third-order valence-corrected chi connectivity index (χ3v) is 5.57. The molecule has 5 nitrogen and oxygen atoms in total. The van der Waals surface area contributed by atoms with Gasteiger partial charge in [-0.15, -0.1) is 0 Å². The number of rotatable bonds is 7. The van der Waals surface area contributed by atoms with Gasteiger partial charge < -0.3 is 10.2 Å². The number of nitrogens with zero attached hydrogens (tertiary/aromatic N) is 3. The average molecular weight is 342 g/mol. The summed E-state index contributed by atoms with van der Waals surface area (Å²) in [5.41, 5.74) is 1.19. The molecule has 1 aliphatic carbocycles. The van der Waals surface area contributed by atoms with Crippen molar-refractivity contribution in [3.8, 4) is 0 Å². The Bertz CT molecular complexity index is 769. The molecular weight excluding hydrogens is 312 g/mol. The zero-order valence-electron chi connectivity index (χ0n) is 16.1. The fraction of sp³-hybridized carbons (Fsp3) is 0.600. The maximum atomic E-state index is 13.2. The summed E-state index contributed by atoms with van der Waals surface area (Å²) in [6.07, 6.45) is 2.13. The topological polar surface area (TPSA) is 50.2 Å². The highest BCUT2D eigenvalue weighted by atomic mass is 16.2. The molecule has 1 heterocycles. The Hall–Kier alpha value is -1.88. The van der Waals surface area contributed by atoms with Crippen LogP contribution in [-0.2, 0) is 17.3 Å². The molecule has 25 heavy (non-hydrogen) atoms. The maximum Gasteiger partial charge on any atom is 0.232 e. The number of hydrogen-bond donors (Lipinski definition) is 1. The fourth-order valence-corrected chi connectivity index (χ4v) is 3.53. The van der Waals surface area contributed by atoms with Crippen LogP contribution in [-0.4, -0.2) is 45.8 Å². The van der Waals surface area contributed by atoms with Crippen molar-refractivity contribution in [1.82, 2.24) is 20.0 Å². The predicted molar refractivity (Wildman–Crippen MR) is 102 cm³/mol.